The van der Waals surface area contributed by atoms with Gasteiger partial charge in [-0.25, -0.2) is 14.4 Å². The second-order valence-corrected chi connectivity index (χ2v) is 9.39. The summed E-state index contributed by atoms with van der Waals surface area (Å²) in [4.78, 5) is 54.8. The summed E-state index contributed by atoms with van der Waals surface area (Å²) < 4.78 is 24.3. The summed E-state index contributed by atoms with van der Waals surface area (Å²) in [5.41, 5.74) is 0.372. The molecule has 0 unspecified atom stereocenters. The zero-order chi connectivity index (χ0) is 28.5. The fourth-order valence-corrected chi connectivity index (χ4v) is 4.44. The quantitative estimate of drug-likeness (QED) is 0.313. The molecule has 1 aliphatic rings. The number of rotatable bonds is 12. The van der Waals surface area contributed by atoms with Gasteiger partial charge >= 0.3 is 17.6 Å². The number of carbonyl (C=O) groups excluding carboxylic acids is 3. The first-order valence-corrected chi connectivity index (χ1v) is 13.2. The molecule has 0 amide bonds. The number of methoxy groups -OCH3 is 1. The number of Topliss-reactive ketones (excluding diaryl/α,β-unsaturated/α-hetero) is 1. The molecule has 10 nitrogen and oxygen atoms in total. The van der Waals surface area contributed by atoms with Crippen LogP contribution in [0.4, 0.5) is 0 Å². The highest BCUT2D eigenvalue weighted by molar-refractivity contribution is 5.90. The number of carbonyl (C=O) groups is 3. The van der Waals surface area contributed by atoms with Crippen LogP contribution in [0.5, 0.6) is 0 Å². The second kappa shape index (κ2) is 13.8. The summed E-state index contributed by atoms with van der Waals surface area (Å²) in [5.74, 6) is -1.19. The maximum absolute atomic E-state index is 13.0. The van der Waals surface area contributed by atoms with Crippen LogP contribution in [0.15, 0.2) is 77.7 Å². The van der Waals surface area contributed by atoms with Gasteiger partial charge in [-0.3, -0.25) is 9.36 Å². The molecule has 0 radical (unpaired) electrons. The molecule has 210 valence electrons. The van der Waals surface area contributed by atoms with E-state index in [1.165, 1.54) is 17.9 Å². The van der Waals surface area contributed by atoms with Gasteiger partial charge in [-0.1, -0.05) is 49.7 Å². The third kappa shape index (κ3) is 7.08. The highest BCUT2D eigenvalue weighted by atomic mass is 16.6. The monoisotopic (exact) mass is 548 g/mol. The summed E-state index contributed by atoms with van der Waals surface area (Å²) in [6.07, 6.45) is -0.291. The fourth-order valence-electron chi connectivity index (χ4n) is 4.44. The number of hydrogen-bond donors (Lipinski definition) is 0. The molecular weight excluding hydrogens is 516 g/mol. The molecule has 1 saturated heterocycles. The SMILES string of the molecule is CCCCC(=O)Cc1ccn([C@@H]2O[C@H](COC(=O)c3ccccc3)[C@@H](OC(=O)c3ccccc3)[C@H]2OC)c(=O)n1. The van der Waals surface area contributed by atoms with Gasteiger partial charge in [0, 0.05) is 26.1 Å². The number of nitrogens with zero attached hydrogens (tertiary/aromatic N) is 2. The van der Waals surface area contributed by atoms with Crippen LogP contribution in [0.2, 0.25) is 0 Å². The fraction of sp³-hybridized carbons (Fsp3) is 0.367. The number of aromatic nitrogens is 2. The van der Waals surface area contributed by atoms with E-state index >= 15 is 0 Å². The minimum atomic E-state index is -1.04. The molecule has 0 saturated carbocycles. The first-order valence-electron chi connectivity index (χ1n) is 13.2. The van der Waals surface area contributed by atoms with Crippen LogP contribution in [-0.2, 0) is 30.2 Å². The lowest BCUT2D eigenvalue weighted by molar-refractivity contribution is -0.118. The Morgan fingerprint density at radius 1 is 0.925 bits per heavy atom. The van der Waals surface area contributed by atoms with Gasteiger partial charge in [0.05, 0.1) is 16.8 Å². The van der Waals surface area contributed by atoms with Crippen molar-refractivity contribution in [3.8, 4) is 0 Å². The maximum atomic E-state index is 13.0. The van der Waals surface area contributed by atoms with Crippen molar-refractivity contribution < 1.29 is 33.3 Å². The van der Waals surface area contributed by atoms with Crippen LogP contribution < -0.4 is 5.69 Å². The standard InChI is InChI=1S/C30H32N2O8/c1-3-4-15-23(33)18-22-16-17-32(30(36)31-22)27-26(37-2)25(40-29(35)21-13-9-6-10-14-21)24(39-27)19-38-28(34)20-11-7-5-8-12-20/h5-14,16-17,24-27H,3-4,15,18-19H2,1-2H3/t24-,25-,26-,27-/m1/s1. The van der Waals surface area contributed by atoms with Crippen molar-refractivity contribution in [2.24, 2.45) is 0 Å². The zero-order valence-corrected chi connectivity index (χ0v) is 22.4. The summed E-state index contributed by atoms with van der Waals surface area (Å²) in [6.45, 7) is 1.74. The van der Waals surface area contributed by atoms with Gasteiger partial charge in [0.1, 0.15) is 24.6 Å². The van der Waals surface area contributed by atoms with Crippen LogP contribution >= 0.6 is 0 Å². The van der Waals surface area contributed by atoms with E-state index < -0.39 is 42.2 Å². The van der Waals surface area contributed by atoms with Gasteiger partial charge in [-0.05, 0) is 36.8 Å². The molecule has 0 aliphatic carbocycles. The van der Waals surface area contributed by atoms with Crippen LogP contribution in [-0.4, -0.2) is 59.3 Å². The lowest BCUT2D eigenvalue weighted by Crippen LogP contribution is -2.41. The first kappa shape index (κ1) is 28.8. The Morgan fingerprint density at radius 3 is 2.17 bits per heavy atom. The second-order valence-electron chi connectivity index (χ2n) is 9.39. The lowest BCUT2D eigenvalue weighted by atomic mass is 10.1. The van der Waals surface area contributed by atoms with E-state index in [1.807, 2.05) is 6.92 Å². The number of esters is 2. The minimum absolute atomic E-state index is 0.00608. The molecule has 2 heterocycles. The third-order valence-electron chi connectivity index (χ3n) is 6.55. The Bertz CT molecular complexity index is 1360. The van der Waals surface area contributed by atoms with E-state index in [2.05, 4.69) is 4.98 Å². The van der Waals surface area contributed by atoms with Gasteiger partial charge in [0.15, 0.2) is 12.3 Å². The molecule has 1 fully saturated rings. The van der Waals surface area contributed by atoms with E-state index in [-0.39, 0.29) is 18.8 Å². The Morgan fingerprint density at radius 2 is 1.57 bits per heavy atom. The van der Waals surface area contributed by atoms with Crippen molar-refractivity contribution in [1.82, 2.24) is 9.55 Å². The van der Waals surface area contributed by atoms with Gasteiger partial charge in [-0.2, -0.15) is 4.98 Å². The molecule has 40 heavy (non-hydrogen) atoms. The van der Waals surface area contributed by atoms with Crippen molar-refractivity contribution in [2.45, 2.75) is 57.1 Å². The molecule has 3 aromatic rings. The number of hydrogen-bond acceptors (Lipinski definition) is 9. The van der Waals surface area contributed by atoms with E-state index in [0.717, 1.165) is 12.8 Å². The summed E-state index contributed by atoms with van der Waals surface area (Å²) in [5, 5.41) is 0. The average molecular weight is 549 g/mol. The minimum Gasteiger partial charge on any atom is -0.459 e. The van der Waals surface area contributed by atoms with Crippen molar-refractivity contribution in [3.05, 3.63) is 100 Å². The Labute approximate surface area is 231 Å². The predicted octanol–water partition coefficient (Wildman–Crippen LogP) is 3.54. The normalized spacial score (nSPS) is 20.1. The number of ketones is 1. The smallest absolute Gasteiger partial charge is 0.350 e. The summed E-state index contributed by atoms with van der Waals surface area (Å²) in [6, 6.07) is 18.4. The van der Waals surface area contributed by atoms with E-state index in [9.17, 15) is 19.2 Å². The number of benzene rings is 2. The third-order valence-corrected chi connectivity index (χ3v) is 6.55. The van der Waals surface area contributed by atoms with Crippen molar-refractivity contribution in [2.75, 3.05) is 13.7 Å². The molecule has 1 aromatic heterocycles. The largest absolute Gasteiger partial charge is 0.459 e. The van der Waals surface area contributed by atoms with Gasteiger partial charge in [-0.15, -0.1) is 0 Å². The van der Waals surface area contributed by atoms with E-state index in [1.54, 1.807) is 66.7 Å². The highest BCUT2D eigenvalue weighted by Gasteiger charge is 2.49. The van der Waals surface area contributed by atoms with Crippen molar-refractivity contribution >= 4 is 17.7 Å². The molecule has 1 aliphatic heterocycles. The van der Waals surface area contributed by atoms with Gasteiger partial charge in [0.25, 0.3) is 0 Å². The predicted molar refractivity (Wildman–Crippen MR) is 144 cm³/mol. The number of unbranched alkanes of at least 4 members (excludes halogenated alkanes) is 1. The molecule has 0 N–H and O–H groups in total. The molecule has 10 heteroatoms. The summed E-state index contributed by atoms with van der Waals surface area (Å²) in [7, 11) is 1.40. The number of ether oxygens (including phenoxy) is 4. The maximum Gasteiger partial charge on any atom is 0.350 e. The lowest BCUT2D eigenvalue weighted by Gasteiger charge is -2.23. The summed E-state index contributed by atoms with van der Waals surface area (Å²) >= 11 is 0. The average Bonchev–Trinajstić information content (AvgIpc) is 3.32. The molecular formula is C30H32N2O8. The highest BCUT2D eigenvalue weighted by Crippen LogP contribution is 2.33. The van der Waals surface area contributed by atoms with Gasteiger partial charge in [0.2, 0.25) is 0 Å². The Hall–Kier alpha value is -4.15. The Balaban J connectivity index is 1.56. The van der Waals surface area contributed by atoms with Crippen LogP contribution in [0.1, 0.15) is 58.8 Å². The van der Waals surface area contributed by atoms with Gasteiger partial charge < -0.3 is 18.9 Å². The van der Waals surface area contributed by atoms with Crippen LogP contribution in [0.25, 0.3) is 0 Å². The Kier molecular flexibility index (Phi) is 9.93. The van der Waals surface area contributed by atoms with E-state index in [4.69, 9.17) is 18.9 Å². The van der Waals surface area contributed by atoms with E-state index in [0.29, 0.717) is 23.2 Å². The molecule has 4 rings (SSSR count). The zero-order valence-electron chi connectivity index (χ0n) is 22.4. The van der Waals surface area contributed by atoms with Crippen LogP contribution in [0.3, 0.4) is 0 Å². The molecule has 4 atom stereocenters. The molecule has 2 aromatic carbocycles. The van der Waals surface area contributed by atoms with Crippen molar-refractivity contribution in [1.29, 1.82) is 0 Å². The van der Waals surface area contributed by atoms with Crippen molar-refractivity contribution in [3.63, 3.8) is 0 Å². The molecule has 0 bridgehead atoms. The topological polar surface area (TPSA) is 123 Å². The van der Waals surface area contributed by atoms with Crippen LogP contribution in [0, 0.1) is 0 Å². The first-order chi connectivity index (χ1) is 19.4. The molecule has 0 spiro atoms.